The first kappa shape index (κ1) is 30.2. The summed E-state index contributed by atoms with van der Waals surface area (Å²) in [6.07, 6.45) is 10.0. The van der Waals surface area contributed by atoms with Gasteiger partial charge in [0.25, 0.3) is 0 Å². The third kappa shape index (κ3) is 11.3. The van der Waals surface area contributed by atoms with Crippen LogP contribution in [0.5, 0.6) is 11.5 Å². The number of halogens is 2. The minimum absolute atomic E-state index is 0.696. The summed E-state index contributed by atoms with van der Waals surface area (Å²) in [7, 11) is 0. The van der Waals surface area contributed by atoms with E-state index in [9.17, 15) is 0 Å². The van der Waals surface area contributed by atoms with E-state index in [2.05, 4.69) is 85.5 Å². The quantitative estimate of drug-likeness (QED) is 0.172. The van der Waals surface area contributed by atoms with Crippen molar-refractivity contribution < 1.29 is 9.47 Å². The van der Waals surface area contributed by atoms with Crippen molar-refractivity contribution >= 4 is 54.5 Å². The first-order chi connectivity index (χ1) is 16.2. The summed E-state index contributed by atoms with van der Waals surface area (Å²) in [6.45, 7) is 15.4. The molecule has 0 unspecified atom stereocenters. The van der Waals surface area contributed by atoms with Gasteiger partial charge in [0, 0.05) is 12.1 Å². The second-order valence-electron chi connectivity index (χ2n) is 10.6. The van der Waals surface area contributed by atoms with Gasteiger partial charge in [0.15, 0.2) is 0 Å². The molecular weight excluding hydrogens is 592 g/mol. The smallest absolute Gasteiger partial charge is 0.140 e. The fourth-order valence-corrected chi connectivity index (χ4v) is 7.18. The summed E-state index contributed by atoms with van der Waals surface area (Å²) in [5.41, 5.74) is 0. The molecule has 0 saturated heterocycles. The van der Waals surface area contributed by atoms with Gasteiger partial charge in [-0.15, -0.1) is 22.7 Å². The minimum atomic E-state index is 0.696. The highest BCUT2D eigenvalue weighted by Crippen LogP contribution is 2.49. The van der Waals surface area contributed by atoms with E-state index in [0.29, 0.717) is 11.8 Å². The van der Waals surface area contributed by atoms with Crippen molar-refractivity contribution in [3.8, 4) is 21.3 Å². The lowest BCUT2D eigenvalue weighted by Gasteiger charge is -2.14. The van der Waals surface area contributed by atoms with Gasteiger partial charge in [0.1, 0.15) is 11.5 Å². The second kappa shape index (κ2) is 15.9. The van der Waals surface area contributed by atoms with E-state index in [0.717, 1.165) is 66.7 Å². The standard InChI is InChI=1S/C28H44Br2O2S2/c1-19(2)9-7-11-21(5)13-15-31-23-17-25(29)33-27(23)28-24(18-26(30)34-28)32-16-14-22(6)12-8-10-20(3)4/h17-22H,7-16H2,1-6H3/t21-,22-/m0/s1. The number of hydrogen-bond donors (Lipinski definition) is 0. The van der Waals surface area contributed by atoms with Gasteiger partial charge in [-0.1, -0.05) is 80.1 Å². The molecule has 0 amide bonds. The third-order valence-corrected chi connectivity index (χ3v) is 9.64. The maximum absolute atomic E-state index is 6.30. The van der Waals surface area contributed by atoms with Crippen LogP contribution in [0.15, 0.2) is 19.7 Å². The molecule has 2 heterocycles. The van der Waals surface area contributed by atoms with Crippen LogP contribution in [-0.2, 0) is 0 Å². The Hall–Kier alpha value is -0.0400. The molecule has 0 aromatic carbocycles. The van der Waals surface area contributed by atoms with Crippen LogP contribution in [0.25, 0.3) is 9.75 Å². The molecule has 2 rings (SSSR count). The molecule has 2 nitrogen and oxygen atoms in total. The fraction of sp³-hybridized carbons (Fsp3) is 0.714. The van der Waals surface area contributed by atoms with Crippen molar-refractivity contribution in [1.29, 1.82) is 0 Å². The Morgan fingerprint density at radius 3 is 1.35 bits per heavy atom. The zero-order chi connectivity index (χ0) is 25.1. The van der Waals surface area contributed by atoms with Crippen LogP contribution >= 0.6 is 54.5 Å². The summed E-state index contributed by atoms with van der Waals surface area (Å²) in [4.78, 5) is 2.32. The van der Waals surface area contributed by atoms with E-state index in [-0.39, 0.29) is 0 Å². The van der Waals surface area contributed by atoms with Gasteiger partial charge in [-0.3, -0.25) is 0 Å². The maximum atomic E-state index is 6.30. The van der Waals surface area contributed by atoms with Gasteiger partial charge < -0.3 is 9.47 Å². The van der Waals surface area contributed by atoms with Crippen molar-refractivity contribution in [2.45, 2.75) is 92.9 Å². The van der Waals surface area contributed by atoms with Crippen LogP contribution in [0.3, 0.4) is 0 Å². The van der Waals surface area contributed by atoms with E-state index in [1.807, 2.05) is 0 Å². The van der Waals surface area contributed by atoms with Crippen molar-refractivity contribution in [3.05, 3.63) is 19.7 Å². The number of ether oxygens (including phenoxy) is 2. The molecule has 6 heteroatoms. The average molecular weight is 637 g/mol. The van der Waals surface area contributed by atoms with E-state index >= 15 is 0 Å². The average Bonchev–Trinajstić information content (AvgIpc) is 3.29. The highest BCUT2D eigenvalue weighted by Gasteiger charge is 2.20. The SMILES string of the molecule is CC(C)CCC[C@H](C)CCOc1cc(Br)sc1-c1sc(Br)cc1OCC[C@@H](C)CCCC(C)C. The molecule has 34 heavy (non-hydrogen) atoms. The van der Waals surface area contributed by atoms with Crippen LogP contribution < -0.4 is 9.47 Å². The molecule has 0 aliphatic rings. The molecule has 2 aromatic rings. The molecule has 0 aliphatic heterocycles. The van der Waals surface area contributed by atoms with Gasteiger partial charge in [-0.25, -0.2) is 0 Å². The lowest BCUT2D eigenvalue weighted by molar-refractivity contribution is 0.274. The van der Waals surface area contributed by atoms with E-state index in [1.165, 1.54) is 38.5 Å². The second-order valence-corrected chi connectivity index (χ2v) is 15.5. The van der Waals surface area contributed by atoms with E-state index < -0.39 is 0 Å². The predicted molar refractivity (Wildman–Crippen MR) is 159 cm³/mol. The largest absolute Gasteiger partial charge is 0.492 e. The first-order valence-electron chi connectivity index (χ1n) is 13.0. The maximum Gasteiger partial charge on any atom is 0.140 e. The highest BCUT2D eigenvalue weighted by atomic mass is 79.9. The Morgan fingerprint density at radius 2 is 1.00 bits per heavy atom. The van der Waals surface area contributed by atoms with Crippen LogP contribution in [0, 0.1) is 23.7 Å². The third-order valence-electron chi connectivity index (χ3n) is 6.24. The zero-order valence-corrected chi connectivity index (χ0v) is 26.7. The lowest BCUT2D eigenvalue weighted by atomic mass is 9.98. The molecule has 0 saturated carbocycles. The molecule has 194 valence electrons. The summed E-state index contributed by atoms with van der Waals surface area (Å²) in [5.74, 6) is 4.91. The molecular formula is C28H44Br2O2S2. The predicted octanol–water partition coefficient (Wildman–Crippen LogP) is 11.5. The zero-order valence-electron chi connectivity index (χ0n) is 21.9. The monoisotopic (exact) mass is 634 g/mol. The van der Waals surface area contributed by atoms with Crippen LogP contribution in [0.4, 0.5) is 0 Å². The van der Waals surface area contributed by atoms with Crippen molar-refractivity contribution in [2.75, 3.05) is 13.2 Å². The Labute approximate surface area is 233 Å². The Kier molecular flexibility index (Phi) is 14.2. The molecule has 2 aromatic heterocycles. The molecule has 0 fully saturated rings. The molecule has 0 bridgehead atoms. The Morgan fingerprint density at radius 1 is 0.618 bits per heavy atom. The van der Waals surface area contributed by atoms with Gasteiger partial charge in [0.05, 0.1) is 30.5 Å². The first-order valence-corrected chi connectivity index (χ1v) is 16.2. The molecule has 0 spiro atoms. The molecule has 2 atom stereocenters. The summed E-state index contributed by atoms with van der Waals surface area (Å²) < 4.78 is 14.8. The van der Waals surface area contributed by atoms with Crippen LogP contribution in [0.2, 0.25) is 0 Å². The number of hydrogen-bond acceptors (Lipinski definition) is 4. The molecule has 0 aliphatic carbocycles. The molecule has 0 N–H and O–H groups in total. The number of rotatable bonds is 17. The van der Waals surface area contributed by atoms with Crippen molar-refractivity contribution in [3.63, 3.8) is 0 Å². The highest BCUT2D eigenvalue weighted by molar-refractivity contribution is 9.11. The summed E-state index contributed by atoms with van der Waals surface area (Å²) in [5, 5.41) is 0. The number of thiophene rings is 2. The van der Waals surface area contributed by atoms with Crippen molar-refractivity contribution in [1.82, 2.24) is 0 Å². The van der Waals surface area contributed by atoms with Gasteiger partial charge in [-0.05, 0) is 68.4 Å². The van der Waals surface area contributed by atoms with Gasteiger partial charge in [0.2, 0.25) is 0 Å². The topological polar surface area (TPSA) is 18.5 Å². The van der Waals surface area contributed by atoms with E-state index in [4.69, 9.17) is 9.47 Å². The van der Waals surface area contributed by atoms with Crippen LogP contribution in [0.1, 0.15) is 92.9 Å². The Balaban J connectivity index is 1.91. The summed E-state index contributed by atoms with van der Waals surface area (Å²) >= 11 is 10.8. The van der Waals surface area contributed by atoms with E-state index in [1.54, 1.807) is 22.7 Å². The normalized spacial score (nSPS) is 13.6. The van der Waals surface area contributed by atoms with Crippen molar-refractivity contribution in [2.24, 2.45) is 23.7 Å². The van der Waals surface area contributed by atoms with Crippen LogP contribution in [-0.4, -0.2) is 13.2 Å². The fourth-order valence-electron chi connectivity index (χ4n) is 4.00. The molecule has 0 radical (unpaired) electrons. The minimum Gasteiger partial charge on any atom is -0.492 e. The van der Waals surface area contributed by atoms with Gasteiger partial charge >= 0.3 is 0 Å². The Bertz CT molecular complexity index is 760. The summed E-state index contributed by atoms with van der Waals surface area (Å²) in [6, 6.07) is 4.22. The van der Waals surface area contributed by atoms with Gasteiger partial charge in [-0.2, -0.15) is 0 Å². The lowest BCUT2D eigenvalue weighted by Crippen LogP contribution is -2.05.